The maximum atomic E-state index is 13.9. The second kappa shape index (κ2) is 15.9. The fraction of sp³-hybridized carbons (Fsp3) is 0.523. The number of rotatable bonds is 16. The number of nitrogens with one attached hydrogen (secondary N) is 2. The first kappa shape index (κ1) is 41.8. The smallest absolute Gasteiger partial charge is 0.410 e. The van der Waals surface area contributed by atoms with Gasteiger partial charge in [-0.05, 0) is 138 Å². The van der Waals surface area contributed by atoms with Crippen LogP contribution in [0.1, 0.15) is 102 Å². The van der Waals surface area contributed by atoms with Crippen LogP contribution in [0, 0.1) is 22.7 Å². The van der Waals surface area contributed by atoms with E-state index in [0.717, 1.165) is 37.2 Å². The normalized spacial score (nSPS) is 19.6. The molecule has 4 aromatic rings. The lowest BCUT2D eigenvalue weighted by molar-refractivity contribution is 0.0130. The van der Waals surface area contributed by atoms with Gasteiger partial charge in [-0.25, -0.2) is 24.2 Å². The summed E-state index contributed by atoms with van der Waals surface area (Å²) >= 11 is 6.49. The van der Waals surface area contributed by atoms with Gasteiger partial charge in [0, 0.05) is 30.9 Å². The lowest BCUT2D eigenvalue weighted by Crippen LogP contribution is -2.45. The predicted molar refractivity (Wildman–Crippen MR) is 226 cm³/mol. The average molecular weight is 860 g/mol. The number of anilines is 1. The summed E-state index contributed by atoms with van der Waals surface area (Å²) in [4.78, 5) is 36.9. The van der Waals surface area contributed by atoms with Crippen molar-refractivity contribution in [2.24, 2.45) is 22.7 Å². The second-order valence-corrected chi connectivity index (χ2v) is 20.3. The van der Waals surface area contributed by atoms with Crippen molar-refractivity contribution >= 4 is 39.4 Å². The minimum Gasteiger partial charge on any atom is -0.486 e. The third-order valence-electron chi connectivity index (χ3n) is 12.6. The van der Waals surface area contributed by atoms with Crippen molar-refractivity contribution in [3.8, 4) is 17.4 Å². The first-order valence-electron chi connectivity index (χ1n) is 20.8. The molecule has 1 saturated heterocycles. The van der Waals surface area contributed by atoms with Crippen LogP contribution in [0.2, 0.25) is 5.15 Å². The summed E-state index contributed by atoms with van der Waals surface area (Å²) in [6.07, 6.45) is 10.3. The Morgan fingerprint density at radius 2 is 1.67 bits per heavy atom. The number of carbonyl (C=O) groups excluding carboxylic acids is 2. The highest BCUT2D eigenvalue weighted by Crippen LogP contribution is 2.93. The maximum absolute atomic E-state index is 13.9. The number of likely N-dealkylation sites (tertiary alicyclic amines) is 1. The quantitative estimate of drug-likeness (QED) is 0.0824. The second-order valence-electron chi connectivity index (χ2n) is 18.4. The molecule has 1 aliphatic heterocycles. The summed E-state index contributed by atoms with van der Waals surface area (Å²) in [6.45, 7) is 11.4. The maximum Gasteiger partial charge on any atom is 0.410 e. The number of sulfonamides is 1. The number of hydrogen-bond donors (Lipinski definition) is 2. The van der Waals surface area contributed by atoms with Crippen LogP contribution in [0.4, 0.5) is 10.6 Å². The molecule has 0 bridgehead atoms. The van der Waals surface area contributed by atoms with Crippen LogP contribution < -0.4 is 19.5 Å². The van der Waals surface area contributed by atoms with E-state index in [4.69, 9.17) is 25.8 Å². The Morgan fingerprint density at radius 1 is 0.933 bits per heavy atom. The van der Waals surface area contributed by atoms with Crippen LogP contribution in [0.3, 0.4) is 0 Å². The molecule has 2 amide bonds. The highest BCUT2D eigenvalue weighted by Gasteiger charge is 2.85. The van der Waals surface area contributed by atoms with Gasteiger partial charge in [0.15, 0.2) is 11.6 Å². The lowest BCUT2D eigenvalue weighted by Gasteiger charge is -2.33. The van der Waals surface area contributed by atoms with Gasteiger partial charge in [0.05, 0.1) is 12.2 Å². The molecule has 4 fully saturated rings. The number of halogens is 1. The van der Waals surface area contributed by atoms with Crippen molar-refractivity contribution in [2.75, 3.05) is 25.0 Å². The van der Waals surface area contributed by atoms with Gasteiger partial charge in [-0.3, -0.25) is 4.79 Å². The molecule has 3 aliphatic carbocycles. The van der Waals surface area contributed by atoms with E-state index in [1.165, 1.54) is 48.6 Å². The highest BCUT2D eigenvalue weighted by atomic mass is 35.5. The largest absolute Gasteiger partial charge is 0.486 e. The molecule has 1 atom stereocenters. The Morgan fingerprint density at radius 3 is 2.35 bits per heavy atom. The van der Waals surface area contributed by atoms with Crippen LogP contribution in [-0.2, 0) is 21.4 Å². The van der Waals surface area contributed by atoms with E-state index in [0.29, 0.717) is 42.2 Å². The SMILES string of the molecule is CC(C)(C)OC(=O)N1C[C@@H](CCCNc2ccc(OCc3ccccc3)c(S(=O)(=O)NC(=O)c3ccc(-n4ccc(OCCC5C6(CC6)C56CC6)n4)nc3Cl)n2)CC1(C)C. The molecule has 14 nitrogen and oxygen atoms in total. The molecule has 2 N–H and O–H groups in total. The molecule has 2 spiro atoms. The minimum atomic E-state index is -4.59. The third-order valence-corrected chi connectivity index (χ3v) is 14.1. The summed E-state index contributed by atoms with van der Waals surface area (Å²) in [6, 6.07) is 17.1. The Labute approximate surface area is 356 Å². The van der Waals surface area contributed by atoms with Gasteiger partial charge in [-0.15, -0.1) is 5.10 Å². The van der Waals surface area contributed by atoms with Crippen LogP contribution >= 0.6 is 11.6 Å². The number of amides is 2. The van der Waals surface area contributed by atoms with E-state index in [1.54, 1.807) is 23.2 Å². The molecule has 4 heterocycles. The average Bonchev–Trinajstić information content (AvgIpc) is 4.14. The number of hydrogen-bond acceptors (Lipinski definition) is 11. The van der Waals surface area contributed by atoms with Crippen molar-refractivity contribution < 1.29 is 32.2 Å². The molecule has 16 heteroatoms. The zero-order valence-corrected chi connectivity index (χ0v) is 36.4. The lowest BCUT2D eigenvalue weighted by atomic mass is 9.93. The van der Waals surface area contributed by atoms with Gasteiger partial charge in [-0.1, -0.05) is 41.9 Å². The minimum absolute atomic E-state index is 0.0346. The molecule has 8 rings (SSSR count). The zero-order chi connectivity index (χ0) is 42.5. The Kier molecular flexibility index (Phi) is 11.1. The first-order chi connectivity index (χ1) is 28.5. The van der Waals surface area contributed by atoms with Gasteiger partial charge in [-0.2, -0.15) is 8.42 Å². The van der Waals surface area contributed by atoms with Crippen LogP contribution in [0.15, 0.2) is 71.9 Å². The topological polar surface area (TPSA) is 167 Å². The van der Waals surface area contributed by atoms with Gasteiger partial charge in [0.2, 0.25) is 10.9 Å². The Balaban J connectivity index is 0.896. The standard InChI is InChI=1S/C44H54ClN7O7S/c1-41(2,3)59-40(54)51-27-30(26-42(51,4)5)12-9-23-46-34-15-14-32(58-28-29-10-7-6-8-11-29)39(47-34)60(55,56)50-38(53)31-13-16-35(48-37(31)45)52-24-17-36(49-52)57-25-18-33-43(19-20-43)44(33)21-22-44/h6-8,10-11,13-17,24,30,33H,9,12,18-23,25-28H2,1-5H3,(H,46,47)(H,50,53)/t30-/m0/s1. The molecule has 4 aliphatic rings. The predicted octanol–water partition coefficient (Wildman–Crippen LogP) is 8.20. The van der Waals surface area contributed by atoms with Crippen LogP contribution in [-0.4, -0.2) is 75.9 Å². The molecule has 0 radical (unpaired) electrons. The van der Waals surface area contributed by atoms with E-state index in [1.807, 2.05) is 65.0 Å². The summed E-state index contributed by atoms with van der Waals surface area (Å²) in [5, 5.41) is 7.02. The fourth-order valence-electron chi connectivity index (χ4n) is 9.48. The fourth-order valence-corrected chi connectivity index (χ4v) is 10.8. The van der Waals surface area contributed by atoms with E-state index in [2.05, 4.69) is 25.1 Å². The van der Waals surface area contributed by atoms with E-state index >= 15 is 0 Å². The number of pyridine rings is 2. The molecule has 1 aromatic carbocycles. The van der Waals surface area contributed by atoms with Crippen molar-refractivity contribution in [3.63, 3.8) is 0 Å². The molecule has 320 valence electrons. The number of carbonyl (C=O) groups is 2. The van der Waals surface area contributed by atoms with E-state index < -0.39 is 26.6 Å². The van der Waals surface area contributed by atoms with Crippen molar-refractivity contribution in [1.82, 2.24) is 29.4 Å². The molecule has 3 aromatic heterocycles. The van der Waals surface area contributed by atoms with E-state index in [9.17, 15) is 18.0 Å². The Bertz CT molecular complexity index is 2340. The van der Waals surface area contributed by atoms with E-state index in [-0.39, 0.29) is 46.4 Å². The highest BCUT2D eigenvalue weighted by molar-refractivity contribution is 7.90. The number of ether oxygens (including phenoxy) is 3. The molecule has 60 heavy (non-hydrogen) atoms. The van der Waals surface area contributed by atoms with Gasteiger partial charge in [0.1, 0.15) is 23.2 Å². The summed E-state index contributed by atoms with van der Waals surface area (Å²) in [7, 11) is -4.59. The molecule has 0 unspecified atom stereocenters. The number of aromatic nitrogens is 4. The number of benzene rings is 1. The van der Waals surface area contributed by atoms with Crippen molar-refractivity contribution in [3.05, 3.63) is 83.1 Å². The van der Waals surface area contributed by atoms with Gasteiger partial charge >= 0.3 is 6.09 Å². The summed E-state index contributed by atoms with van der Waals surface area (Å²) in [5.41, 5.74) is 1.01. The first-order valence-corrected chi connectivity index (χ1v) is 22.7. The number of fused-ring (bicyclic) bond motifs is 1. The van der Waals surface area contributed by atoms with Crippen molar-refractivity contribution in [2.45, 2.75) is 109 Å². The summed E-state index contributed by atoms with van der Waals surface area (Å²) in [5.74, 6) is 1.12. The van der Waals surface area contributed by atoms with Crippen LogP contribution in [0.5, 0.6) is 11.6 Å². The molecular formula is C44H54ClN7O7S. The third kappa shape index (κ3) is 8.79. The number of nitrogens with zero attached hydrogens (tertiary/aromatic N) is 5. The monoisotopic (exact) mass is 859 g/mol. The zero-order valence-electron chi connectivity index (χ0n) is 34.9. The van der Waals surface area contributed by atoms with Gasteiger partial charge < -0.3 is 24.4 Å². The summed E-state index contributed by atoms with van der Waals surface area (Å²) < 4.78 is 49.0. The Hall–Kier alpha value is -4.89. The molecular weight excluding hydrogens is 806 g/mol. The van der Waals surface area contributed by atoms with Crippen molar-refractivity contribution in [1.29, 1.82) is 0 Å². The van der Waals surface area contributed by atoms with Crippen LogP contribution in [0.25, 0.3) is 5.82 Å². The van der Waals surface area contributed by atoms with Gasteiger partial charge in [0.25, 0.3) is 15.9 Å². The molecule has 3 saturated carbocycles.